The molecule has 1 atom stereocenters. The molecule has 2 aromatic rings. The summed E-state index contributed by atoms with van der Waals surface area (Å²) in [5.74, 6) is -0.443. The number of amides is 2. The third-order valence-electron chi connectivity index (χ3n) is 5.55. The lowest BCUT2D eigenvalue weighted by Crippen LogP contribution is -2.51. The molecule has 3 rings (SSSR count). The number of hydrogen-bond acceptors (Lipinski definition) is 6. The number of nitrogens with zero attached hydrogens (tertiary/aromatic N) is 3. The fourth-order valence-corrected chi connectivity index (χ4v) is 5.45. The molecule has 1 fully saturated rings. The van der Waals surface area contributed by atoms with E-state index in [0.717, 1.165) is 11.6 Å². The lowest BCUT2D eigenvalue weighted by atomic mass is 10.0. The number of aryl methyl sites for hydroxylation is 1. The Hall–Kier alpha value is -3.31. The first kappa shape index (κ1) is 24.3. The van der Waals surface area contributed by atoms with E-state index in [9.17, 15) is 28.1 Å². The molecule has 0 bridgehead atoms. The summed E-state index contributed by atoms with van der Waals surface area (Å²) < 4.78 is 27.4. The second-order valence-corrected chi connectivity index (χ2v) is 9.77. The maximum atomic E-state index is 13.1. The summed E-state index contributed by atoms with van der Waals surface area (Å²) in [6.45, 7) is 3.50. The van der Waals surface area contributed by atoms with Crippen molar-refractivity contribution in [2.75, 3.05) is 26.2 Å². The van der Waals surface area contributed by atoms with Gasteiger partial charge in [0.25, 0.3) is 5.69 Å². The number of hydrogen-bond donors (Lipinski definition) is 1. The van der Waals surface area contributed by atoms with Crippen molar-refractivity contribution in [1.29, 1.82) is 0 Å². The minimum absolute atomic E-state index is 0.0559. The molecule has 0 spiro atoms. The number of rotatable bonds is 7. The van der Waals surface area contributed by atoms with Crippen molar-refractivity contribution in [3.8, 4) is 0 Å². The van der Waals surface area contributed by atoms with Crippen LogP contribution in [0, 0.1) is 17.0 Å². The van der Waals surface area contributed by atoms with Crippen LogP contribution in [-0.4, -0.2) is 60.5 Å². The molecule has 2 amide bonds. The molecule has 0 radical (unpaired) electrons. The molecule has 0 aromatic heterocycles. The Kier molecular flexibility index (Phi) is 7.44. The third-order valence-corrected chi connectivity index (χ3v) is 7.59. The van der Waals surface area contributed by atoms with Crippen LogP contribution in [0.4, 0.5) is 5.69 Å². The van der Waals surface area contributed by atoms with E-state index in [1.807, 2.05) is 30.3 Å². The van der Waals surface area contributed by atoms with Gasteiger partial charge in [0.1, 0.15) is 0 Å². The highest BCUT2D eigenvalue weighted by Gasteiger charge is 2.32. The van der Waals surface area contributed by atoms with Crippen molar-refractivity contribution < 1.29 is 22.9 Å². The third kappa shape index (κ3) is 5.74. The highest BCUT2D eigenvalue weighted by molar-refractivity contribution is 7.89. The quantitative estimate of drug-likeness (QED) is 0.483. The Morgan fingerprint density at radius 3 is 2.30 bits per heavy atom. The van der Waals surface area contributed by atoms with Crippen LogP contribution in [0.3, 0.4) is 0 Å². The SMILES string of the molecule is CC(=O)NC(CC(=O)N1CCN(S(=O)(=O)c2cc([N+](=O)[O-])ccc2C)CC1)c1ccccc1. The Morgan fingerprint density at radius 1 is 1.09 bits per heavy atom. The summed E-state index contributed by atoms with van der Waals surface area (Å²) in [4.78, 5) is 36.4. The number of piperazine rings is 1. The maximum Gasteiger partial charge on any atom is 0.270 e. The van der Waals surface area contributed by atoms with Crippen molar-refractivity contribution in [3.05, 3.63) is 69.8 Å². The van der Waals surface area contributed by atoms with Gasteiger partial charge in [0.2, 0.25) is 21.8 Å². The molecular formula is C22H26N4O6S. The largest absolute Gasteiger partial charge is 0.349 e. The van der Waals surface area contributed by atoms with E-state index in [1.54, 1.807) is 11.8 Å². The molecular weight excluding hydrogens is 448 g/mol. The van der Waals surface area contributed by atoms with E-state index < -0.39 is 21.0 Å². The first-order chi connectivity index (χ1) is 15.6. The summed E-state index contributed by atoms with van der Waals surface area (Å²) in [7, 11) is -3.95. The standard InChI is InChI=1S/C22H26N4O6S/c1-16-8-9-19(26(29)30)14-21(16)33(31,32)25-12-10-24(11-13-25)22(28)15-20(23-17(2)27)18-6-4-3-5-7-18/h3-9,14,20H,10-13,15H2,1-2H3,(H,23,27). The van der Waals surface area contributed by atoms with E-state index in [-0.39, 0.29) is 55.0 Å². The number of non-ortho nitro benzene ring substituents is 1. The van der Waals surface area contributed by atoms with Crippen LogP contribution in [0.15, 0.2) is 53.4 Å². The minimum atomic E-state index is -3.95. The monoisotopic (exact) mass is 474 g/mol. The van der Waals surface area contributed by atoms with Gasteiger partial charge in [-0.25, -0.2) is 8.42 Å². The second kappa shape index (κ2) is 10.1. The van der Waals surface area contributed by atoms with Gasteiger partial charge in [-0.05, 0) is 18.1 Å². The van der Waals surface area contributed by atoms with Crippen LogP contribution in [-0.2, 0) is 19.6 Å². The summed E-state index contributed by atoms with van der Waals surface area (Å²) in [6, 6.07) is 12.4. The smallest absolute Gasteiger partial charge is 0.270 e. The van der Waals surface area contributed by atoms with Crippen molar-refractivity contribution in [1.82, 2.24) is 14.5 Å². The number of nitro groups is 1. The molecule has 1 unspecified atom stereocenters. The normalized spacial score (nSPS) is 15.6. The maximum absolute atomic E-state index is 13.1. The van der Waals surface area contributed by atoms with Gasteiger partial charge in [0.15, 0.2) is 0 Å². The Bertz CT molecular complexity index is 1140. The molecule has 0 aliphatic carbocycles. The van der Waals surface area contributed by atoms with Gasteiger partial charge in [-0.2, -0.15) is 4.31 Å². The second-order valence-electron chi connectivity index (χ2n) is 7.86. The van der Waals surface area contributed by atoms with E-state index >= 15 is 0 Å². The molecule has 176 valence electrons. The average molecular weight is 475 g/mol. The molecule has 1 aliphatic heterocycles. The zero-order valence-corrected chi connectivity index (χ0v) is 19.2. The molecule has 10 nitrogen and oxygen atoms in total. The zero-order valence-electron chi connectivity index (χ0n) is 18.4. The molecule has 33 heavy (non-hydrogen) atoms. The molecule has 1 heterocycles. The number of nitrogens with one attached hydrogen (secondary N) is 1. The van der Waals surface area contributed by atoms with Crippen molar-refractivity contribution in [3.63, 3.8) is 0 Å². The van der Waals surface area contributed by atoms with E-state index in [0.29, 0.717) is 5.56 Å². The van der Waals surface area contributed by atoms with Crippen LogP contribution >= 0.6 is 0 Å². The fourth-order valence-electron chi connectivity index (χ4n) is 3.78. The first-order valence-corrected chi connectivity index (χ1v) is 11.9. The predicted octanol–water partition coefficient (Wildman–Crippen LogP) is 2.00. The van der Waals surface area contributed by atoms with Crippen LogP contribution in [0.1, 0.15) is 30.5 Å². The first-order valence-electron chi connectivity index (χ1n) is 10.4. The van der Waals surface area contributed by atoms with Gasteiger partial charge in [0, 0.05) is 45.2 Å². The number of carbonyl (C=O) groups is 2. The summed E-state index contributed by atoms with van der Waals surface area (Å²) in [6.07, 6.45) is 0.0559. The van der Waals surface area contributed by atoms with E-state index in [1.165, 1.54) is 23.4 Å². The number of carbonyl (C=O) groups excluding carboxylic acids is 2. The summed E-state index contributed by atoms with van der Waals surface area (Å²) >= 11 is 0. The fraction of sp³-hybridized carbons (Fsp3) is 0.364. The van der Waals surface area contributed by atoms with Crippen LogP contribution < -0.4 is 5.32 Å². The molecule has 1 aliphatic rings. The minimum Gasteiger partial charge on any atom is -0.349 e. The van der Waals surface area contributed by atoms with E-state index in [2.05, 4.69) is 5.32 Å². The van der Waals surface area contributed by atoms with E-state index in [4.69, 9.17) is 0 Å². The number of benzene rings is 2. The van der Waals surface area contributed by atoms with Crippen LogP contribution in [0.5, 0.6) is 0 Å². The topological polar surface area (TPSA) is 130 Å². The highest BCUT2D eigenvalue weighted by Crippen LogP contribution is 2.26. The van der Waals surface area contributed by atoms with Crippen LogP contribution in [0.25, 0.3) is 0 Å². The van der Waals surface area contributed by atoms with Crippen LogP contribution in [0.2, 0.25) is 0 Å². The van der Waals surface area contributed by atoms with Gasteiger partial charge in [0.05, 0.1) is 22.3 Å². The Morgan fingerprint density at radius 2 is 1.73 bits per heavy atom. The summed E-state index contributed by atoms with van der Waals surface area (Å²) in [5.41, 5.74) is 0.932. The van der Waals surface area contributed by atoms with Gasteiger partial charge in [-0.15, -0.1) is 0 Å². The van der Waals surface area contributed by atoms with Crippen molar-refractivity contribution in [2.24, 2.45) is 0 Å². The van der Waals surface area contributed by atoms with Gasteiger partial charge >= 0.3 is 0 Å². The Labute approximate surface area is 192 Å². The van der Waals surface area contributed by atoms with Crippen molar-refractivity contribution >= 4 is 27.5 Å². The van der Waals surface area contributed by atoms with Crippen molar-refractivity contribution in [2.45, 2.75) is 31.2 Å². The molecule has 1 N–H and O–H groups in total. The Balaban J connectivity index is 1.68. The lowest BCUT2D eigenvalue weighted by Gasteiger charge is -2.35. The number of nitro benzene ring substituents is 1. The average Bonchev–Trinajstić information content (AvgIpc) is 2.79. The van der Waals surface area contributed by atoms with Gasteiger partial charge in [-0.3, -0.25) is 19.7 Å². The predicted molar refractivity (Wildman–Crippen MR) is 121 cm³/mol. The molecule has 1 saturated heterocycles. The molecule has 11 heteroatoms. The van der Waals surface area contributed by atoms with Gasteiger partial charge in [-0.1, -0.05) is 36.4 Å². The van der Waals surface area contributed by atoms with Gasteiger partial charge < -0.3 is 10.2 Å². The zero-order chi connectivity index (χ0) is 24.2. The lowest BCUT2D eigenvalue weighted by molar-refractivity contribution is -0.385. The molecule has 0 saturated carbocycles. The number of sulfonamides is 1. The highest BCUT2D eigenvalue weighted by atomic mass is 32.2. The molecule has 2 aromatic carbocycles. The summed E-state index contributed by atoms with van der Waals surface area (Å²) in [5, 5.41) is 13.9.